The molecule has 0 amide bonds. The number of nitrogens with one attached hydrogen (secondary N) is 1. The van der Waals surface area contributed by atoms with E-state index in [2.05, 4.69) is 20.2 Å². The molecule has 4 N–H and O–H groups in total. The highest BCUT2D eigenvalue weighted by atomic mass is 16.5. The minimum absolute atomic E-state index is 0.305. The monoisotopic (exact) mass is 319 g/mol. The number of nitrogens with zero attached hydrogens (tertiary/aromatic N) is 3. The Morgan fingerprint density at radius 3 is 2.74 bits per heavy atom. The predicted molar refractivity (Wildman–Crippen MR) is 88.5 cm³/mol. The van der Waals surface area contributed by atoms with Gasteiger partial charge in [0, 0.05) is 31.8 Å². The van der Waals surface area contributed by atoms with Crippen molar-refractivity contribution in [1.29, 1.82) is 0 Å². The summed E-state index contributed by atoms with van der Waals surface area (Å²) in [6.45, 7) is 2.39. The van der Waals surface area contributed by atoms with Crippen molar-refractivity contribution in [2.24, 2.45) is 0 Å². The molecule has 23 heavy (non-hydrogen) atoms. The zero-order valence-electron chi connectivity index (χ0n) is 13.4. The standard InChI is InChI=1S/C16H25N5O2/c17-15-19-13(18-11-3-4-11)10-14(20-15)21-7-5-16(6-8-21)12(22)2-1-9-23-16/h10-12,22H,1-9H2,(H3,17,18,19,20). The molecule has 3 fully saturated rings. The molecule has 0 aromatic carbocycles. The summed E-state index contributed by atoms with van der Waals surface area (Å²) in [6, 6.07) is 2.51. The minimum Gasteiger partial charge on any atom is -0.390 e. The molecule has 1 spiro atoms. The molecular formula is C16H25N5O2. The summed E-state index contributed by atoms with van der Waals surface area (Å²) < 4.78 is 5.96. The highest BCUT2D eigenvalue weighted by Gasteiger charge is 2.43. The number of nitrogen functional groups attached to an aromatic ring is 1. The van der Waals surface area contributed by atoms with Crippen LogP contribution in [-0.4, -0.2) is 52.5 Å². The van der Waals surface area contributed by atoms with E-state index in [9.17, 15) is 5.11 Å². The van der Waals surface area contributed by atoms with Crippen LogP contribution in [0.15, 0.2) is 6.07 Å². The topological polar surface area (TPSA) is 96.5 Å². The average Bonchev–Trinajstić information content (AvgIpc) is 3.34. The Morgan fingerprint density at radius 1 is 1.26 bits per heavy atom. The Morgan fingerprint density at radius 2 is 2.04 bits per heavy atom. The molecule has 1 unspecified atom stereocenters. The molecule has 7 heteroatoms. The summed E-state index contributed by atoms with van der Waals surface area (Å²) in [5.74, 6) is 1.98. The number of aliphatic hydroxyl groups is 1. The Bertz CT molecular complexity index is 570. The van der Waals surface area contributed by atoms with Crippen LogP contribution >= 0.6 is 0 Å². The van der Waals surface area contributed by atoms with Gasteiger partial charge in [-0.2, -0.15) is 9.97 Å². The largest absolute Gasteiger partial charge is 0.390 e. The van der Waals surface area contributed by atoms with Gasteiger partial charge in [-0.1, -0.05) is 0 Å². The normalized spacial score (nSPS) is 27.2. The second-order valence-electron chi connectivity index (χ2n) is 6.95. The summed E-state index contributed by atoms with van der Waals surface area (Å²) >= 11 is 0. The van der Waals surface area contributed by atoms with E-state index in [1.165, 1.54) is 12.8 Å². The SMILES string of the molecule is Nc1nc(NC2CC2)cc(N2CCC3(CC2)OCCCC3O)n1. The lowest BCUT2D eigenvalue weighted by Gasteiger charge is -2.47. The van der Waals surface area contributed by atoms with Gasteiger partial charge in [-0.3, -0.25) is 0 Å². The molecule has 4 rings (SSSR count). The van der Waals surface area contributed by atoms with Gasteiger partial charge in [-0.15, -0.1) is 0 Å². The third kappa shape index (κ3) is 3.07. The second kappa shape index (κ2) is 5.79. The minimum atomic E-state index is -0.359. The van der Waals surface area contributed by atoms with E-state index in [-0.39, 0.29) is 11.7 Å². The van der Waals surface area contributed by atoms with Crippen molar-refractivity contribution in [3.63, 3.8) is 0 Å². The molecular weight excluding hydrogens is 294 g/mol. The van der Waals surface area contributed by atoms with E-state index in [1.54, 1.807) is 0 Å². The van der Waals surface area contributed by atoms with E-state index in [0.29, 0.717) is 12.0 Å². The van der Waals surface area contributed by atoms with Gasteiger partial charge in [0.05, 0.1) is 11.7 Å². The molecule has 126 valence electrons. The molecule has 1 aromatic heterocycles. The Kier molecular flexibility index (Phi) is 3.77. The van der Waals surface area contributed by atoms with Crippen LogP contribution in [0, 0.1) is 0 Å². The third-order valence-electron chi connectivity index (χ3n) is 5.21. The fraction of sp³-hybridized carbons (Fsp3) is 0.750. The quantitative estimate of drug-likeness (QED) is 0.769. The molecule has 2 saturated heterocycles. The number of anilines is 3. The zero-order valence-corrected chi connectivity index (χ0v) is 13.4. The van der Waals surface area contributed by atoms with Gasteiger partial charge in [0.25, 0.3) is 0 Å². The third-order valence-corrected chi connectivity index (χ3v) is 5.21. The van der Waals surface area contributed by atoms with Crippen LogP contribution in [0.25, 0.3) is 0 Å². The number of hydrogen-bond acceptors (Lipinski definition) is 7. The van der Waals surface area contributed by atoms with Gasteiger partial charge in [0.2, 0.25) is 5.95 Å². The van der Waals surface area contributed by atoms with Crippen molar-refractivity contribution in [2.75, 3.05) is 35.6 Å². The Labute approximate surface area is 136 Å². The fourth-order valence-corrected chi connectivity index (χ4v) is 3.63. The number of aliphatic hydroxyl groups excluding tert-OH is 1. The van der Waals surface area contributed by atoms with Crippen molar-refractivity contribution in [3.05, 3.63) is 6.07 Å². The van der Waals surface area contributed by atoms with Crippen molar-refractivity contribution < 1.29 is 9.84 Å². The molecule has 1 atom stereocenters. The highest BCUT2D eigenvalue weighted by molar-refractivity contribution is 5.53. The summed E-state index contributed by atoms with van der Waals surface area (Å²) in [6.07, 6.45) is 5.48. The van der Waals surface area contributed by atoms with Crippen LogP contribution in [0.4, 0.5) is 17.6 Å². The molecule has 0 bridgehead atoms. The average molecular weight is 319 g/mol. The van der Waals surface area contributed by atoms with E-state index in [4.69, 9.17) is 10.5 Å². The van der Waals surface area contributed by atoms with Crippen LogP contribution in [0.2, 0.25) is 0 Å². The number of aromatic nitrogens is 2. The van der Waals surface area contributed by atoms with E-state index >= 15 is 0 Å². The van der Waals surface area contributed by atoms with Crippen molar-refractivity contribution in [3.8, 4) is 0 Å². The molecule has 2 aliphatic heterocycles. The first-order chi connectivity index (χ1) is 11.1. The molecule has 7 nitrogen and oxygen atoms in total. The first kappa shape index (κ1) is 15.0. The molecule has 0 radical (unpaired) electrons. The maximum atomic E-state index is 10.3. The van der Waals surface area contributed by atoms with Crippen LogP contribution < -0.4 is 16.0 Å². The number of rotatable bonds is 3. The van der Waals surface area contributed by atoms with Gasteiger partial charge >= 0.3 is 0 Å². The summed E-state index contributed by atoms with van der Waals surface area (Å²) in [5.41, 5.74) is 5.51. The van der Waals surface area contributed by atoms with Crippen LogP contribution in [0.5, 0.6) is 0 Å². The summed E-state index contributed by atoms with van der Waals surface area (Å²) in [5, 5.41) is 13.7. The van der Waals surface area contributed by atoms with Gasteiger partial charge < -0.3 is 25.8 Å². The molecule has 1 saturated carbocycles. The van der Waals surface area contributed by atoms with E-state index in [0.717, 1.165) is 57.0 Å². The van der Waals surface area contributed by atoms with Crippen molar-refractivity contribution >= 4 is 17.6 Å². The maximum absolute atomic E-state index is 10.3. The fourth-order valence-electron chi connectivity index (χ4n) is 3.63. The summed E-state index contributed by atoms with van der Waals surface area (Å²) in [7, 11) is 0. The van der Waals surface area contributed by atoms with Crippen LogP contribution in [-0.2, 0) is 4.74 Å². The Hall–Kier alpha value is -1.60. The Balaban J connectivity index is 1.46. The smallest absolute Gasteiger partial charge is 0.223 e. The van der Waals surface area contributed by atoms with Crippen molar-refractivity contribution in [2.45, 2.75) is 56.3 Å². The van der Waals surface area contributed by atoms with E-state index in [1.807, 2.05) is 6.07 Å². The first-order valence-electron chi connectivity index (χ1n) is 8.63. The van der Waals surface area contributed by atoms with Gasteiger partial charge in [-0.05, 0) is 38.5 Å². The number of ether oxygens (including phenoxy) is 1. The lowest BCUT2D eigenvalue weighted by atomic mass is 9.82. The second-order valence-corrected chi connectivity index (χ2v) is 6.95. The molecule has 1 aromatic rings. The van der Waals surface area contributed by atoms with Crippen LogP contribution in [0.3, 0.4) is 0 Å². The van der Waals surface area contributed by atoms with Crippen LogP contribution in [0.1, 0.15) is 38.5 Å². The summed E-state index contributed by atoms with van der Waals surface area (Å²) in [4.78, 5) is 10.9. The first-order valence-corrected chi connectivity index (χ1v) is 8.63. The lowest BCUT2D eigenvalue weighted by Crippen LogP contribution is -2.55. The molecule has 3 heterocycles. The van der Waals surface area contributed by atoms with Gasteiger partial charge in [0.1, 0.15) is 11.6 Å². The number of piperidine rings is 1. The zero-order chi connectivity index (χ0) is 15.9. The molecule has 1 aliphatic carbocycles. The van der Waals surface area contributed by atoms with Gasteiger partial charge in [-0.25, -0.2) is 0 Å². The predicted octanol–water partition coefficient (Wildman–Crippen LogP) is 1.14. The maximum Gasteiger partial charge on any atom is 0.223 e. The van der Waals surface area contributed by atoms with Crippen molar-refractivity contribution in [1.82, 2.24) is 9.97 Å². The number of nitrogens with two attached hydrogens (primary N) is 1. The molecule has 3 aliphatic rings. The van der Waals surface area contributed by atoms with E-state index < -0.39 is 0 Å². The highest BCUT2D eigenvalue weighted by Crippen LogP contribution is 2.36. The van der Waals surface area contributed by atoms with Gasteiger partial charge in [0.15, 0.2) is 0 Å². The number of hydrogen-bond donors (Lipinski definition) is 3. The lowest BCUT2D eigenvalue weighted by molar-refractivity contribution is -0.164.